The summed E-state index contributed by atoms with van der Waals surface area (Å²) in [4.78, 5) is 20.7. The average Bonchev–Trinajstić information content (AvgIpc) is 2.67. The molecule has 2 nitrogen and oxygen atoms in total. The second-order valence-corrected chi connectivity index (χ2v) is 14.1. The van der Waals surface area contributed by atoms with Gasteiger partial charge in [-0.25, -0.2) is 0 Å². The van der Waals surface area contributed by atoms with Crippen LogP contribution in [0.2, 0.25) is 0 Å². The van der Waals surface area contributed by atoms with Gasteiger partial charge in [-0.3, -0.25) is 0 Å². The lowest BCUT2D eigenvalue weighted by Crippen LogP contribution is -1.98. The largest absolute Gasteiger partial charge is 0.337 e. The molecule has 0 aliphatic carbocycles. The van der Waals surface area contributed by atoms with Crippen molar-refractivity contribution < 1.29 is 9.79 Å². The van der Waals surface area contributed by atoms with Crippen LogP contribution >= 0.6 is 17.1 Å². The Morgan fingerprint density at radius 2 is 1.21 bits per heavy atom. The van der Waals surface area contributed by atoms with Crippen LogP contribution in [0.4, 0.5) is 0 Å². The number of rotatable bonds is 18. The maximum Gasteiger partial charge on any atom is 0.246 e. The van der Waals surface area contributed by atoms with E-state index in [2.05, 4.69) is 26.0 Å². The molecule has 0 saturated heterocycles. The van der Waals surface area contributed by atoms with Gasteiger partial charge >= 0.3 is 0 Å². The average molecular weight is 459 g/mol. The molecule has 0 bridgehead atoms. The Bertz CT molecular complexity index is 586. The maximum atomic E-state index is 9.84. The lowest BCUT2D eigenvalue weighted by Gasteiger charge is -2.16. The van der Waals surface area contributed by atoms with Gasteiger partial charge in [0.05, 0.1) is 0 Å². The first-order valence-corrected chi connectivity index (χ1v) is 16.0. The van der Waals surface area contributed by atoms with Gasteiger partial charge in [-0.05, 0) is 66.1 Å². The van der Waals surface area contributed by atoms with Crippen molar-refractivity contribution in [2.75, 3.05) is 0 Å². The van der Waals surface area contributed by atoms with E-state index in [-0.39, 0.29) is 0 Å². The predicted octanol–water partition coefficient (Wildman–Crippen LogP) is 8.57. The van der Waals surface area contributed by atoms with Gasteiger partial charge in [0.1, 0.15) is 0 Å². The van der Waals surface area contributed by atoms with Gasteiger partial charge in [-0.1, -0.05) is 103 Å². The van der Waals surface area contributed by atoms with Crippen LogP contribution in [0.25, 0.3) is 0 Å². The molecule has 29 heavy (non-hydrogen) atoms. The summed E-state index contributed by atoms with van der Waals surface area (Å²) < 4.78 is 0. The van der Waals surface area contributed by atoms with E-state index in [9.17, 15) is 9.79 Å². The Balaban J connectivity index is 2.58. The van der Waals surface area contributed by atoms with E-state index in [1.807, 2.05) is 6.07 Å². The molecule has 2 N–H and O–H groups in total. The maximum absolute atomic E-state index is 9.84. The Morgan fingerprint density at radius 3 is 1.72 bits per heavy atom. The number of aryl methyl sites for hydroxylation is 1. The minimum absolute atomic E-state index is 0.991. The van der Waals surface area contributed by atoms with E-state index in [4.69, 9.17) is 11.8 Å². The summed E-state index contributed by atoms with van der Waals surface area (Å²) in [7, 11) is 0. The lowest BCUT2D eigenvalue weighted by molar-refractivity contribution is 0.502. The molecule has 0 aliphatic heterocycles. The summed E-state index contributed by atoms with van der Waals surface area (Å²) in [5.74, 6) is 0. The molecule has 0 amide bonds. The third-order valence-corrected chi connectivity index (χ3v) is 8.32. The molecule has 1 rings (SSSR count). The topological polar surface area (TPSA) is 40.5 Å². The van der Waals surface area contributed by atoms with Gasteiger partial charge < -0.3 is 9.79 Å². The predicted molar refractivity (Wildman–Crippen MR) is 134 cm³/mol. The fraction of sp³-hybridized carbons (Fsp3) is 0.750. The van der Waals surface area contributed by atoms with Crippen LogP contribution < -0.4 is 0 Å². The molecule has 0 saturated carbocycles. The Morgan fingerprint density at radius 1 is 0.724 bits per heavy atom. The SMILES string of the molecule is CCCCCCCCCc1cccc(SP(O)(O)=S)c1CCCCCCCCC. The zero-order valence-electron chi connectivity index (χ0n) is 18.7. The molecular formula is C24H43O2PS2. The zero-order chi connectivity index (χ0) is 21.4. The van der Waals surface area contributed by atoms with E-state index in [0.717, 1.165) is 29.1 Å². The number of hydrogen-bond acceptors (Lipinski definition) is 2. The van der Waals surface area contributed by atoms with E-state index >= 15 is 0 Å². The first kappa shape index (κ1) is 27.2. The van der Waals surface area contributed by atoms with Crippen molar-refractivity contribution in [3.05, 3.63) is 29.3 Å². The Kier molecular flexibility index (Phi) is 15.7. The van der Waals surface area contributed by atoms with Crippen LogP contribution in [0, 0.1) is 0 Å². The quantitative estimate of drug-likeness (QED) is 0.171. The zero-order valence-corrected chi connectivity index (χ0v) is 21.2. The van der Waals surface area contributed by atoms with Crippen LogP contribution in [0.15, 0.2) is 23.1 Å². The highest BCUT2D eigenvalue weighted by Crippen LogP contribution is 2.56. The minimum Gasteiger partial charge on any atom is -0.337 e. The van der Waals surface area contributed by atoms with Crippen molar-refractivity contribution in [3.63, 3.8) is 0 Å². The molecule has 0 fully saturated rings. The van der Waals surface area contributed by atoms with Gasteiger partial charge in [-0.15, -0.1) is 0 Å². The van der Waals surface area contributed by atoms with Crippen molar-refractivity contribution in [1.82, 2.24) is 0 Å². The van der Waals surface area contributed by atoms with Crippen LogP contribution in [0.5, 0.6) is 0 Å². The van der Waals surface area contributed by atoms with Crippen LogP contribution in [-0.2, 0) is 24.6 Å². The molecule has 0 aliphatic rings. The smallest absolute Gasteiger partial charge is 0.246 e. The molecule has 0 radical (unpaired) electrons. The van der Waals surface area contributed by atoms with Crippen molar-refractivity contribution in [1.29, 1.82) is 0 Å². The molecule has 1 aromatic carbocycles. The highest BCUT2D eigenvalue weighted by molar-refractivity contribution is 8.67. The van der Waals surface area contributed by atoms with Crippen molar-refractivity contribution in [2.24, 2.45) is 0 Å². The van der Waals surface area contributed by atoms with Gasteiger partial charge in [0.2, 0.25) is 5.69 Å². The van der Waals surface area contributed by atoms with Crippen LogP contribution in [0.3, 0.4) is 0 Å². The second kappa shape index (κ2) is 16.8. The molecular weight excluding hydrogens is 415 g/mol. The summed E-state index contributed by atoms with van der Waals surface area (Å²) in [5, 5.41) is 0. The minimum atomic E-state index is -3.29. The second-order valence-electron chi connectivity index (χ2n) is 8.22. The standard InChI is InChI=1S/C24H43O2PS2/c1-3-5-7-9-11-13-15-18-22-19-17-21-24(29-27(25,26)28)23(22)20-16-14-12-10-8-6-4-2/h17,19,21H,3-16,18,20H2,1-2H3,(H2,25,26,28). The highest BCUT2D eigenvalue weighted by atomic mass is 32.9. The van der Waals surface area contributed by atoms with Crippen molar-refractivity contribution >= 4 is 28.9 Å². The molecule has 0 unspecified atom stereocenters. The molecule has 0 atom stereocenters. The van der Waals surface area contributed by atoms with E-state index in [1.165, 1.54) is 101 Å². The molecule has 0 spiro atoms. The molecule has 1 aromatic rings. The molecule has 168 valence electrons. The van der Waals surface area contributed by atoms with Gasteiger partial charge in [0.15, 0.2) is 0 Å². The fourth-order valence-electron chi connectivity index (χ4n) is 3.87. The summed E-state index contributed by atoms with van der Waals surface area (Å²) >= 11 is 6.01. The molecule has 0 aromatic heterocycles. The van der Waals surface area contributed by atoms with Crippen LogP contribution in [-0.4, -0.2) is 9.79 Å². The third-order valence-electron chi connectivity index (χ3n) is 5.53. The Labute approximate surface area is 189 Å². The Hall–Kier alpha value is 0.140. The van der Waals surface area contributed by atoms with E-state index in [0.29, 0.717) is 0 Å². The first-order chi connectivity index (χ1) is 14.0. The van der Waals surface area contributed by atoms with Gasteiger partial charge in [-0.2, -0.15) is 0 Å². The van der Waals surface area contributed by atoms with E-state index in [1.54, 1.807) is 0 Å². The third kappa shape index (κ3) is 13.9. The lowest BCUT2D eigenvalue weighted by atomic mass is 9.96. The highest BCUT2D eigenvalue weighted by Gasteiger charge is 2.16. The first-order valence-electron chi connectivity index (χ1n) is 11.8. The summed E-state index contributed by atoms with van der Waals surface area (Å²) in [6, 6.07) is 6.30. The fourth-order valence-corrected chi connectivity index (χ4v) is 6.62. The van der Waals surface area contributed by atoms with Gasteiger partial charge in [0, 0.05) is 4.90 Å². The number of unbranched alkanes of at least 4 members (excludes halogenated alkanes) is 12. The number of hydrogen-bond donors (Lipinski definition) is 2. The van der Waals surface area contributed by atoms with Crippen LogP contribution in [0.1, 0.15) is 115 Å². The normalized spacial score (nSPS) is 11.9. The van der Waals surface area contributed by atoms with E-state index < -0.39 is 5.69 Å². The monoisotopic (exact) mass is 458 g/mol. The number of benzene rings is 1. The molecule has 0 heterocycles. The summed E-state index contributed by atoms with van der Waals surface area (Å²) in [5.41, 5.74) is -0.588. The van der Waals surface area contributed by atoms with Crippen molar-refractivity contribution in [3.8, 4) is 0 Å². The summed E-state index contributed by atoms with van der Waals surface area (Å²) in [6.07, 6.45) is 20.4. The van der Waals surface area contributed by atoms with Gasteiger partial charge in [0.25, 0.3) is 0 Å². The molecule has 5 heteroatoms. The van der Waals surface area contributed by atoms with Crippen molar-refractivity contribution in [2.45, 2.75) is 121 Å². The summed E-state index contributed by atoms with van der Waals surface area (Å²) in [6.45, 7) is 4.52.